The molecule has 2 heterocycles. The van der Waals surface area contributed by atoms with Gasteiger partial charge in [0.1, 0.15) is 22.3 Å². The number of anilines is 3. The van der Waals surface area contributed by atoms with Gasteiger partial charge in [-0.05, 0) is 76.9 Å². The minimum Gasteiger partial charge on any atom is -0.456 e. The standard InChI is InChI=1S/C42H27NO2/c1-2-11-28(12-3-1)29-23-25-31(26-24-29)43(36-18-10-22-40-42(36)35-16-5-7-20-38(35)45-40)32-14-8-13-30(27-32)33-17-9-21-39-41(33)34-15-4-6-19-37(34)44-39/h1-27H. The summed E-state index contributed by atoms with van der Waals surface area (Å²) in [5.41, 5.74) is 11.4. The smallest absolute Gasteiger partial charge is 0.137 e. The van der Waals surface area contributed by atoms with Crippen LogP contribution in [0.5, 0.6) is 0 Å². The van der Waals surface area contributed by atoms with E-state index in [-0.39, 0.29) is 0 Å². The van der Waals surface area contributed by atoms with Crippen LogP contribution in [0.15, 0.2) is 173 Å². The van der Waals surface area contributed by atoms with Crippen LogP contribution in [0.4, 0.5) is 17.1 Å². The molecule has 212 valence electrons. The zero-order valence-corrected chi connectivity index (χ0v) is 24.4. The van der Waals surface area contributed by atoms with Crippen molar-refractivity contribution in [3.8, 4) is 22.3 Å². The summed E-state index contributed by atoms with van der Waals surface area (Å²) in [4.78, 5) is 2.34. The lowest BCUT2D eigenvalue weighted by Crippen LogP contribution is -2.10. The highest BCUT2D eigenvalue weighted by molar-refractivity contribution is 6.14. The number of benzene rings is 7. The Morgan fingerprint density at radius 1 is 0.356 bits per heavy atom. The number of furan rings is 2. The van der Waals surface area contributed by atoms with Crippen molar-refractivity contribution in [2.75, 3.05) is 4.90 Å². The third kappa shape index (κ3) is 4.21. The van der Waals surface area contributed by atoms with Crippen LogP contribution in [0.1, 0.15) is 0 Å². The average Bonchev–Trinajstić information content (AvgIpc) is 3.68. The van der Waals surface area contributed by atoms with Crippen LogP contribution < -0.4 is 4.90 Å². The molecule has 0 N–H and O–H groups in total. The number of rotatable bonds is 5. The van der Waals surface area contributed by atoms with Gasteiger partial charge in [0.05, 0.1) is 11.1 Å². The molecular formula is C42H27NO2. The Morgan fingerprint density at radius 2 is 0.911 bits per heavy atom. The van der Waals surface area contributed by atoms with Crippen molar-refractivity contribution in [1.82, 2.24) is 0 Å². The Balaban J connectivity index is 1.27. The maximum Gasteiger partial charge on any atom is 0.137 e. The maximum absolute atomic E-state index is 6.33. The molecule has 0 saturated heterocycles. The largest absolute Gasteiger partial charge is 0.456 e. The van der Waals surface area contributed by atoms with Crippen molar-refractivity contribution in [1.29, 1.82) is 0 Å². The number of nitrogens with zero attached hydrogens (tertiary/aromatic N) is 1. The van der Waals surface area contributed by atoms with E-state index >= 15 is 0 Å². The normalized spacial score (nSPS) is 11.6. The second-order valence-electron chi connectivity index (χ2n) is 11.3. The molecule has 0 fully saturated rings. The Labute approximate surface area is 260 Å². The predicted molar refractivity (Wildman–Crippen MR) is 187 cm³/mol. The van der Waals surface area contributed by atoms with Gasteiger partial charge in [-0.25, -0.2) is 0 Å². The summed E-state index contributed by atoms with van der Waals surface area (Å²) in [5, 5.41) is 4.44. The van der Waals surface area contributed by atoms with Gasteiger partial charge in [0.2, 0.25) is 0 Å². The number of hydrogen-bond acceptors (Lipinski definition) is 3. The Morgan fingerprint density at radius 3 is 1.67 bits per heavy atom. The van der Waals surface area contributed by atoms with E-state index < -0.39 is 0 Å². The van der Waals surface area contributed by atoms with Gasteiger partial charge in [-0.15, -0.1) is 0 Å². The van der Waals surface area contributed by atoms with Crippen molar-refractivity contribution < 1.29 is 8.83 Å². The SMILES string of the molecule is c1ccc(-c2ccc(N(c3cccc(-c4cccc5oc6ccccc6c45)c3)c3cccc4oc5ccccc5c34)cc2)cc1. The van der Waals surface area contributed by atoms with E-state index in [1.54, 1.807) is 0 Å². The van der Waals surface area contributed by atoms with Gasteiger partial charge in [-0.1, -0.05) is 109 Å². The van der Waals surface area contributed by atoms with E-state index in [9.17, 15) is 0 Å². The molecule has 0 bridgehead atoms. The number of fused-ring (bicyclic) bond motifs is 6. The molecule has 45 heavy (non-hydrogen) atoms. The van der Waals surface area contributed by atoms with Crippen LogP contribution in [0.25, 0.3) is 66.1 Å². The third-order valence-electron chi connectivity index (χ3n) is 8.67. The zero-order chi connectivity index (χ0) is 29.7. The fourth-order valence-electron chi connectivity index (χ4n) is 6.63. The van der Waals surface area contributed by atoms with Crippen molar-refractivity contribution >= 4 is 60.9 Å². The zero-order valence-electron chi connectivity index (χ0n) is 24.4. The van der Waals surface area contributed by atoms with Gasteiger partial charge in [-0.2, -0.15) is 0 Å². The first-order chi connectivity index (χ1) is 22.3. The second kappa shape index (κ2) is 10.3. The molecule has 0 amide bonds. The first-order valence-electron chi connectivity index (χ1n) is 15.2. The molecule has 0 atom stereocenters. The molecule has 0 unspecified atom stereocenters. The Hall–Kier alpha value is -6.06. The van der Waals surface area contributed by atoms with Crippen LogP contribution in [0.2, 0.25) is 0 Å². The van der Waals surface area contributed by atoms with Gasteiger partial charge < -0.3 is 13.7 Å². The van der Waals surface area contributed by atoms with Crippen molar-refractivity contribution in [2.24, 2.45) is 0 Å². The molecule has 9 aromatic rings. The lowest BCUT2D eigenvalue weighted by molar-refractivity contribution is 0.668. The molecule has 9 rings (SSSR count). The fourth-order valence-corrected chi connectivity index (χ4v) is 6.63. The summed E-state index contributed by atoms with van der Waals surface area (Å²) >= 11 is 0. The van der Waals surface area contributed by atoms with Crippen molar-refractivity contribution in [3.05, 3.63) is 164 Å². The summed E-state index contributed by atoms with van der Waals surface area (Å²) in [5.74, 6) is 0. The van der Waals surface area contributed by atoms with Crippen LogP contribution in [-0.4, -0.2) is 0 Å². The van der Waals surface area contributed by atoms with Crippen molar-refractivity contribution in [2.45, 2.75) is 0 Å². The van der Waals surface area contributed by atoms with Crippen LogP contribution in [0.3, 0.4) is 0 Å². The molecule has 3 heteroatoms. The minimum absolute atomic E-state index is 0.866. The van der Waals surface area contributed by atoms with Crippen LogP contribution in [-0.2, 0) is 0 Å². The Bertz CT molecular complexity index is 2490. The summed E-state index contributed by atoms with van der Waals surface area (Å²) in [6, 6.07) is 57.3. The highest BCUT2D eigenvalue weighted by atomic mass is 16.3. The van der Waals surface area contributed by atoms with E-state index in [1.807, 2.05) is 30.3 Å². The molecule has 7 aromatic carbocycles. The molecular weight excluding hydrogens is 550 g/mol. The summed E-state index contributed by atoms with van der Waals surface area (Å²) in [6.07, 6.45) is 0. The first-order valence-corrected chi connectivity index (χ1v) is 15.2. The highest BCUT2D eigenvalue weighted by Crippen LogP contribution is 2.45. The molecule has 0 aliphatic carbocycles. The van der Waals surface area contributed by atoms with Crippen molar-refractivity contribution in [3.63, 3.8) is 0 Å². The van der Waals surface area contributed by atoms with Gasteiger partial charge >= 0.3 is 0 Å². The maximum atomic E-state index is 6.33. The Kier molecular flexibility index (Phi) is 5.82. The van der Waals surface area contributed by atoms with E-state index in [1.165, 1.54) is 11.1 Å². The number of hydrogen-bond donors (Lipinski definition) is 0. The van der Waals surface area contributed by atoms with Gasteiger partial charge in [0.25, 0.3) is 0 Å². The van der Waals surface area contributed by atoms with E-state index in [0.717, 1.165) is 72.1 Å². The first kappa shape index (κ1) is 25.4. The topological polar surface area (TPSA) is 29.5 Å². The van der Waals surface area contributed by atoms with Crippen LogP contribution in [0, 0.1) is 0 Å². The predicted octanol–water partition coefficient (Wildman–Crippen LogP) is 12.3. The molecule has 0 aliphatic rings. The average molecular weight is 578 g/mol. The lowest BCUT2D eigenvalue weighted by atomic mass is 9.98. The van der Waals surface area contributed by atoms with Gasteiger partial charge in [-0.3, -0.25) is 0 Å². The van der Waals surface area contributed by atoms with Gasteiger partial charge in [0, 0.05) is 27.5 Å². The monoisotopic (exact) mass is 577 g/mol. The second-order valence-corrected chi connectivity index (χ2v) is 11.3. The molecule has 0 aliphatic heterocycles. The highest BCUT2D eigenvalue weighted by Gasteiger charge is 2.20. The summed E-state index contributed by atoms with van der Waals surface area (Å²) in [6.45, 7) is 0. The molecule has 0 spiro atoms. The molecule has 0 radical (unpaired) electrons. The van der Waals surface area contributed by atoms with E-state index in [4.69, 9.17) is 8.83 Å². The summed E-state index contributed by atoms with van der Waals surface area (Å²) < 4.78 is 12.6. The molecule has 2 aromatic heterocycles. The molecule has 3 nitrogen and oxygen atoms in total. The minimum atomic E-state index is 0.866. The van der Waals surface area contributed by atoms with Gasteiger partial charge in [0.15, 0.2) is 0 Å². The quantitative estimate of drug-likeness (QED) is 0.204. The number of para-hydroxylation sites is 2. The van der Waals surface area contributed by atoms with Crippen LogP contribution >= 0.6 is 0 Å². The fraction of sp³-hybridized carbons (Fsp3) is 0. The van der Waals surface area contributed by atoms with E-state index in [2.05, 4.69) is 138 Å². The molecule has 0 saturated carbocycles. The lowest BCUT2D eigenvalue weighted by Gasteiger charge is -2.27. The summed E-state index contributed by atoms with van der Waals surface area (Å²) in [7, 11) is 0. The van der Waals surface area contributed by atoms with E-state index in [0.29, 0.717) is 0 Å². The third-order valence-corrected chi connectivity index (χ3v) is 8.67.